The molecule has 1 saturated carbocycles. The van der Waals surface area contributed by atoms with Crippen LogP contribution in [0.25, 0.3) is 0 Å². The Labute approximate surface area is 167 Å². The van der Waals surface area contributed by atoms with Crippen LogP contribution in [-0.4, -0.2) is 74.7 Å². The summed E-state index contributed by atoms with van der Waals surface area (Å²) in [5.41, 5.74) is 0.880. The Hall–Kier alpha value is -1.86. The Balaban J connectivity index is 1.28. The normalized spacial score (nSPS) is 28.1. The molecule has 6 nitrogen and oxygen atoms in total. The number of aliphatic imine (C=N–C) groups is 1. The van der Waals surface area contributed by atoms with Gasteiger partial charge in [0.05, 0.1) is 12.6 Å². The van der Waals surface area contributed by atoms with Gasteiger partial charge in [0, 0.05) is 52.4 Å². The third-order valence-electron chi connectivity index (χ3n) is 6.10. The molecule has 1 aromatic rings. The zero-order valence-electron chi connectivity index (χ0n) is 17.0. The van der Waals surface area contributed by atoms with E-state index >= 15 is 0 Å². The lowest BCUT2D eigenvalue weighted by molar-refractivity contribution is 0.0154. The van der Waals surface area contributed by atoms with Crippen LogP contribution in [0.15, 0.2) is 23.2 Å². The van der Waals surface area contributed by atoms with Crippen molar-refractivity contribution < 1.29 is 9.13 Å². The molecule has 28 heavy (non-hydrogen) atoms. The molecule has 4 fully saturated rings. The van der Waals surface area contributed by atoms with Crippen LogP contribution < -0.4 is 15.4 Å². The quantitative estimate of drug-likeness (QED) is 0.551. The topological polar surface area (TPSA) is 52.1 Å². The SMILES string of the molecule is CN=C(NCC1CN2CCN1CC2)NC(C)c1ccc(OCC2CC2)c(F)c1. The minimum atomic E-state index is -0.296. The van der Waals surface area contributed by atoms with E-state index in [1.165, 1.54) is 25.9 Å². The molecule has 0 aromatic heterocycles. The van der Waals surface area contributed by atoms with E-state index in [9.17, 15) is 4.39 Å². The van der Waals surface area contributed by atoms with Crippen LogP contribution in [0.3, 0.4) is 0 Å². The van der Waals surface area contributed by atoms with E-state index in [0.717, 1.165) is 37.7 Å². The second-order valence-corrected chi connectivity index (χ2v) is 8.25. The highest BCUT2D eigenvalue weighted by Crippen LogP contribution is 2.30. The Morgan fingerprint density at radius 1 is 1.29 bits per heavy atom. The lowest BCUT2D eigenvalue weighted by atomic mass is 10.1. The van der Waals surface area contributed by atoms with Gasteiger partial charge in [-0.15, -0.1) is 0 Å². The van der Waals surface area contributed by atoms with Crippen LogP contribution in [-0.2, 0) is 0 Å². The summed E-state index contributed by atoms with van der Waals surface area (Å²) < 4.78 is 20.0. The van der Waals surface area contributed by atoms with Crippen molar-refractivity contribution in [2.75, 3.05) is 52.9 Å². The van der Waals surface area contributed by atoms with Gasteiger partial charge in [-0.2, -0.15) is 0 Å². The van der Waals surface area contributed by atoms with Crippen LogP contribution in [0.1, 0.15) is 31.4 Å². The Morgan fingerprint density at radius 3 is 2.68 bits per heavy atom. The number of halogens is 1. The lowest BCUT2D eigenvalue weighted by Crippen LogP contribution is -2.63. The number of hydrogen-bond donors (Lipinski definition) is 2. The molecule has 2 N–H and O–H groups in total. The molecule has 4 aliphatic rings. The minimum Gasteiger partial charge on any atom is -0.490 e. The van der Waals surface area contributed by atoms with Gasteiger partial charge in [-0.1, -0.05) is 6.07 Å². The summed E-state index contributed by atoms with van der Waals surface area (Å²) >= 11 is 0. The molecule has 2 unspecified atom stereocenters. The molecule has 0 amide bonds. The predicted molar refractivity (Wildman–Crippen MR) is 109 cm³/mol. The van der Waals surface area contributed by atoms with Gasteiger partial charge in [0.25, 0.3) is 0 Å². The number of fused-ring (bicyclic) bond motifs is 3. The first kappa shape index (κ1) is 19.5. The van der Waals surface area contributed by atoms with E-state index in [2.05, 4.69) is 25.4 Å². The van der Waals surface area contributed by atoms with E-state index in [1.54, 1.807) is 19.2 Å². The summed E-state index contributed by atoms with van der Waals surface area (Å²) in [7, 11) is 1.77. The van der Waals surface area contributed by atoms with E-state index in [0.29, 0.717) is 24.3 Å². The van der Waals surface area contributed by atoms with Crippen molar-refractivity contribution in [2.45, 2.75) is 31.8 Å². The molecule has 3 saturated heterocycles. The summed E-state index contributed by atoms with van der Waals surface area (Å²) in [6.07, 6.45) is 2.40. The third kappa shape index (κ3) is 4.75. The van der Waals surface area contributed by atoms with E-state index in [1.807, 2.05) is 13.0 Å². The summed E-state index contributed by atoms with van der Waals surface area (Å²) in [4.78, 5) is 9.42. The monoisotopic (exact) mass is 389 g/mol. The fourth-order valence-corrected chi connectivity index (χ4v) is 4.01. The minimum absolute atomic E-state index is 0.0509. The Bertz CT molecular complexity index is 700. The number of ether oxygens (including phenoxy) is 1. The van der Waals surface area contributed by atoms with Crippen molar-refractivity contribution in [3.8, 4) is 5.75 Å². The number of nitrogens with zero attached hydrogens (tertiary/aromatic N) is 3. The average Bonchev–Trinajstić information content (AvgIpc) is 3.55. The number of rotatable bonds is 7. The van der Waals surface area contributed by atoms with Crippen molar-refractivity contribution in [3.05, 3.63) is 29.6 Å². The zero-order valence-corrected chi connectivity index (χ0v) is 17.0. The largest absolute Gasteiger partial charge is 0.490 e. The molecule has 154 valence electrons. The first-order valence-electron chi connectivity index (χ1n) is 10.5. The number of guanidine groups is 1. The standard InChI is InChI=1S/C21H32FN5O/c1-15(17-5-6-20(19(22)11-17)28-14-16-3-4-16)25-21(23-2)24-12-18-13-26-7-9-27(18)10-8-26/h5-6,11,15-16,18H,3-4,7-10,12-14H2,1-2H3,(H2,23,24,25). The van der Waals surface area contributed by atoms with Gasteiger partial charge in [0.1, 0.15) is 0 Å². The van der Waals surface area contributed by atoms with Crippen molar-refractivity contribution in [2.24, 2.45) is 10.9 Å². The van der Waals surface area contributed by atoms with Gasteiger partial charge in [0.15, 0.2) is 17.5 Å². The van der Waals surface area contributed by atoms with E-state index in [-0.39, 0.29) is 11.9 Å². The van der Waals surface area contributed by atoms with Crippen molar-refractivity contribution >= 4 is 5.96 Å². The highest BCUT2D eigenvalue weighted by Gasteiger charge is 2.31. The van der Waals surface area contributed by atoms with Crippen LogP contribution >= 0.6 is 0 Å². The fraction of sp³-hybridized carbons (Fsp3) is 0.667. The summed E-state index contributed by atoms with van der Waals surface area (Å²) in [5, 5.41) is 6.82. The second-order valence-electron chi connectivity index (χ2n) is 8.25. The fourth-order valence-electron chi connectivity index (χ4n) is 4.01. The Kier molecular flexibility index (Phi) is 6.01. The summed E-state index contributed by atoms with van der Waals surface area (Å²) in [6, 6.07) is 5.70. The summed E-state index contributed by atoms with van der Waals surface area (Å²) in [5.74, 6) is 1.41. The second kappa shape index (κ2) is 8.66. The third-order valence-corrected chi connectivity index (χ3v) is 6.10. The van der Waals surface area contributed by atoms with Gasteiger partial charge in [-0.25, -0.2) is 4.39 Å². The van der Waals surface area contributed by atoms with Crippen LogP contribution in [0, 0.1) is 11.7 Å². The average molecular weight is 390 g/mol. The molecule has 0 spiro atoms. The van der Waals surface area contributed by atoms with E-state index < -0.39 is 0 Å². The molecule has 5 rings (SSSR count). The maximum Gasteiger partial charge on any atom is 0.191 e. The molecular formula is C21H32FN5O. The van der Waals surface area contributed by atoms with Gasteiger partial charge < -0.3 is 15.4 Å². The number of benzene rings is 1. The van der Waals surface area contributed by atoms with Gasteiger partial charge >= 0.3 is 0 Å². The number of hydrogen-bond acceptors (Lipinski definition) is 4. The smallest absolute Gasteiger partial charge is 0.191 e. The van der Waals surface area contributed by atoms with E-state index in [4.69, 9.17) is 4.74 Å². The van der Waals surface area contributed by atoms with Gasteiger partial charge in [0.2, 0.25) is 0 Å². The maximum absolute atomic E-state index is 14.4. The van der Waals surface area contributed by atoms with Crippen molar-refractivity contribution in [3.63, 3.8) is 0 Å². The highest BCUT2D eigenvalue weighted by molar-refractivity contribution is 5.80. The van der Waals surface area contributed by atoms with Crippen LogP contribution in [0.4, 0.5) is 4.39 Å². The maximum atomic E-state index is 14.4. The predicted octanol–water partition coefficient (Wildman–Crippen LogP) is 1.84. The lowest BCUT2D eigenvalue weighted by Gasteiger charge is -2.47. The van der Waals surface area contributed by atoms with Gasteiger partial charge in [-0.3, -0.25) is 14.8 Å². The van der Waals surface area contributed by atoms with Crippen molar-refractivity contribution in [1.29, 1.82) is 0 Å². The van der Waals surface area contributed by atoms with Crippen LogP contribution in [0.5, 0.6) is 5.75 Å². The molecule has 1 aromatic carbocycles. The number of piperazine rings is 3. The molecule has 2 bridgehead atoms. The zero-order chi connectivity index (χ0) is 19.5. The molecule has 3 heterocycles. The van der Waals surface area contributed by atoms with Crippen LogP contribution in [0.2, 0.25) is 0 Å². The first-order chi connectivity index (χ1) is 13.6. The first-order valence-corrected chi connectivity index (χ1v) is 10.5. The Morgan fingerprint density at radius 2 is 2.07 bits per heavy atom. The molecule has 3 aliphatic heterocycles. The molecule has 2 atom stereocenters. The van der Waals surface area contributed by atoms with Crippen molar-refractivity contribution in [1.82, 2.24) is 20.4 Å². The van der Waals surface area contributed by atoms with Gasteiger partial charge in [-0.05, 0) is 43.4 Å². The molecule has 7 heteroatoms. The molecule has 0 radical (unpaired) electrons. The highest BCUT2D eigenvalue weighted by atomic mass is 19.1. The number of nitrogens with one attached hydrogen (secondary N) is 2. The molecule has 1 aliphatic carbocycles. The summed E-state index contributed by atoms with van der Waals surface area (Å²) in [6.45, 7) is 9.31. The molecular weight excluding hydrogens is 357 g/mol.